The van der Waals surface area contributed by atoms with Crippen LogP contribution >= 0.6 is 22.7 Å². The Morgan fingerprint density at radius 2 is 0.742 bits per heavy atom. The Bertz CT molecular complexity index is 4420. The van der Waals surface area contributed by atoms with Crippen LogP contribution in [0.4, 0.5) is 0 Å². The van der Waals surface area contributed by atoms with Gasteiger partial charge in [0.2, 0.25) is 0 Å². The first kappa shape index (κ1) is 97.2. The maximum atomic E-state index is 5.28. The zero-order valence-electron chi connectivity index (χ0n) is 84.6. The number of nitrogens with zero attached hydrogens (tertiary/aromatic N) is 26. The number of rotatable bonds is 15. The first-order valence-electron chi connectivity index (χ1n) is 49.1. The molecule has 0 aromatic carbocycles. The Hall–Kier alpha value is -5.32. The molecular formula is C99H168N26OS2. The number of thiazole rings is 2. The van der Waals surface area contributed by atoms with Crippen LogP contribution in [0.5, 0.6) is 0 Å². The summed E-state index contributed by atoms with van der Waals surface area (Å²) in [6.45, 7) is 81.4. The molecule has 0 aliphatic carbocycles. The van der Waals surface area contributed by atoms with Gasteiger partial charge in [0.25, 0.3) is 0 Å². The highest BCUT2D eigenvalue weighted by Crippen LogP contribution is 2.44. The van der Waals surface area contributed by atoms with Crippen molar-refractivity contribution in [3.8, 4) is 0 Å². The summed E-state index contributed by atoms with van der Waals surface area (Å²) >= 11 is 3.53. The van der Waals surface area contributed by atoms with E-state index in [9.17, 15) is 0 Å². The van der Waals surface area contributed by atoms with Crippen molar-refractivity contribution in [2.45, 2.75) is 394 Å². The molecule has 22 rings (SSSR count). The van der Waals surface area contributed by atoms with E-state index in [4.69, 9.17) is 9.51 Å². The molecule has 0 saturated carbocycles. The van der Waals surface area contributed by atoms with Gasteiger partial charge in [0.1, 0.15) is 10.8 Å². The average molecular weight is 1800 g/mol. The molecule has 27 nitrogen and oxygen atoms in total. The minimum absolute atomic E-state index is 0.298. The molecule has 15 saturated heterocycles. The van der Waals surface area contributed by atoms with E-state index in [1.54, 1.807) is 16.0 Å². The number of hydrogen-bond donors (Lipinski definition) is 0. The number of imidazole rings is 2. The van der Waals surface area contributed by atoms with E-state index in [1.807, 2.05) is 86.1 Å². The van der Waals surface area contributed by atoms with Gasteiger partial charge >= 0.3 is 0 Å². The Morgan fingerprint density at radius 1 is 0.375 bits per heavy atom. The third-order valence-electron chi connectivity index (χ3n) is 31.6. The summed E-state index contributed by atoms with van der Waals surface area (Å²) in [5.74, 6) is 0.982. The predicted octanol–water partition coefficient (Wildman–Crippen LogP) is 12.9. The summed E-state index contributed by atoms with van der Waals surface area (Å²) in [6, 6.07) is 10.3. The topological polar surface area (TPSA) is 181 Å². The van der Waals surface area contributed by atoms with Crippen LogP contribution in [0.15, 0.2) is 58.2 Å². The van der Waals surface area contributed by atoms with Crippen LogP contribution in [0.2, 0.25) is 0 Å². The van der Waals surface area contributed by atoms with Gasteiger partial charge in [0.05, 0.1) is 65.1 Å². The molecule has 14 unspecified atom stereocenters. The second kappa shape index (κ2) is 38.5. The van der Waals surface area contributed by atoms with E-state index >= 15 is 0 Å². The monoisotopic (exact) mass is 1800 g/mol. The smallest absolute Gasteiger partial charge is 0.138 e. The molecule has 29 heteroatoms. The van der Waals surface area contributed by atoms with Crippen molar-refractivity contribution in [1.82, 2.24) is 128 Å². The Labute approximate surface area is 779 Å². The first-order chi connectivity index (χ1) is 60.0. The molecule has 128 heavy (non-hydrogen) atoms. The van der Waals surface area contributed by atoms with Gasteiger partial charge in [-0.25, -0.2) is 19.9 Å². The maximum Gasteiger partial charge on any atom is 0.138 e. The molecule has 0 radical (unpaired) electrons. The molecule has 22 heterocycles. The Morgan fingerprint density at radius 3 is 1.04 bits per heavy atom. The SMILES string of the molecule is CC(C)(C)N1CC2CC(C1)N2Cc1cscn1.CCc1csc(CN2C3CC2CN(C(C)(C)C)C3)n1.Cc1c(CN2C3CC2CN(C(C)(C)C)C3)ncn1C.Cc1noc(C)c1CN1C2CC1CN(C(C)(C)C)C2.Cn1cc(CN2C3CC2CN(C(C)(C)C)C3)cn1.Cn1cc(CN2C3CC2CN(C(C)(C)C)C3)nn1.Cn1cnc(CN2C3CC2CN(C(C)(C)C)C3)c1. The van der Waals surface area contributed by atoms with Crippen LogP contribution in [0.3, 0.4) is 0 Å². The van der Waals surface area contributed by atoms with Gasteiger partial charge in [-0.3, -0.25) is 78.0 Å². The molecule has 7 aromatic heterocycles. The Balaban J connectivity index is 0.000000115. The van der Waals surface area contributed by atoms with E-state index < -0.39 is 0 Å². The molecule has 7 aromatic rings. The highest BCUT2D eigenvalue weighted by molar-refractivity contribution is 7.09. The van der Waals surface area contributed by atoms with Crippen molar-refractivity contribution in [3.05, 3.63) is 115 Å². The van der Waals surface area contributed by atoms with Crippen LogP contribution in [0, 0.1) is 20.8 Å². The van der Waals surface area contributed by atoms with Gasteiger partial charge in [-0.2, -0.15) is 5.10 Å². The lowest BCUT2D eigenvalue weighted by molar-refractivity contribution is -0.100. The third kappa shape index (κ3) is 22.7. The molecule has 0 spiro atoms. The first-order valence-corrected chi connectivity index (χ1v) is 50.9. The normalized spacial score (nSPS) is 29.1. The largest absolute Gasteiger partial charge is 0.361 e. The number of piperazine rings is 7. The lowest BCUT2D eigenvalue weighted by Crippen LogP contribution is -2.70. The standard InChI is InChI=1S/C15H26N4.C15H25N3O.C15H25N3S.2C14H24N4.C13H23N5.C13H21N3S/c1-11-14(16-10-17(11)5)9-19-12-6-13(19)8-18(7-12)15(2,3)4;1-10-14(11(2)19-16-10)9-18-12-6-13(18)8-17(7-12)15(3,4)5;1-5-11-10-19-14(16-11)9-18-12-6-13(18)8-17(7-12)15(2,3)4;1-14(2,3)17-8-12-5-13(9-17)18(12)7-11-6-16(4)10-15-11;1-14(2,3)17-9-12-5-13(10-17)18(12)8-11-6-15-16(4)7-11;1-13(2,3)17-8-11-5-12(9-17)18(11)7-10-6-16(4)15-14-10;1-13(2,3)15-6-11-4-12(7-15)16(11)5-10-8-17-9-14-10/h10,12-13H,6-9H2,1-5H3;12-13H,6-9H2,1-5H3;10,12-13H,5-9H2,1-4H3;6,10,12-13H,5,7-9H2,1-4H3;6-7,12-13H,5,8-10H2,1-4H3;6,11-12H,5,7-9H2,1-4H3;8-9,11-12H,4-7H2,1-3H3. The fourth-order valence-electron chi connectivity index (χ4n) is 22.6. The summed E-state index contributed by atoms with van der Waals surface area (Å²) in [5, 5.41) is 22.2. The zero-order chi connectivity index (χ0) is 92.0. The number of piperidine rings is 7. The molecule has 0 N–H and O–H groups in total. The fraction of sp³-hybridized carbons (Fsp3) is 0.798. The van der Waals surface area contributed by atoms with Crippen LogP contribution in [0.25, 0.3) is 0 Å². The van der Waals surface area contributed by atoms with E-state index in [0.29, 0.717) is 62.9 Å². The third-order valence-corrected chi connectivity index (χ3v) is 33.1. The van der Waals surface area contributed by atoms with Crippen molar-refractivity contribution in [1.29, 1.82) is 0 Å². The van der Waals surface area contributed by atoms with E-state index in [0.717, 1.165) is 130 Å². The number of hydrogen-bond acceptors (Lipinski definition) is 25. The molecular weight excluding hydrogens is 1630 g/mol. The van der Waals surface area contributed by atoms with Gasteiger partial charge in [-0.15, -0.1) is 27.8 Å². The lowest BCUT2D eigenvalue weighted by Gasteiger charge is -2.59. The summed E-state index contributed by atoms with van der Waals surface area (Å²) in [5.41, 5.74) is 15.2. The lowest BCUT2D eigenvalue weighted by atomic mass is 9.84. The number of aryl methyl sites for hydroxylation is 7. The van der Waals surface area contributed by atoms with Crippen molar-refractivity contribution < 1.29 is 4.52 Å². The summed E-state index contributed by atoms with van der Waals surface area (Å²) < 4.78 is 13.1. The molecule has 712 valence electrons. The Kier molecular flexibility index (Phi) is 29.2. The molecule has 15 fully saturated rings. The van der Waals surface area contributed by atoms with Crippen molar-refractivity contribution >= 4 is 22.7 Å². The number of likely N-dealkylation sites (tertiary alicyclic amines) is 12. The molecule has 14 atom stereocenters. The van der Waals surface area contributed by atoms with Gasteiger partial charge in [-0.1, -0.05) is 17.3 Å². The molecule has 0 amide bonds. The molecule has 14 bridgehead atoms. The van der Waals surface area contributed by atoms with Gasteiger partial charge < -0.3 is 13.7 Å². The van der Waals surface area contributed by atoms with Gasteiger partial charge in [0.15, 0.2) is 0 Å². The van der Waals surface area contributed by atoms with Crippen molar-refractivity contribution in [2.24, 2.45) is 28.2 Å². The number of fused-ring (bicyclic) bond motifs is 14. The maximum absolute atomic E-state index is 5.28. The van der Waals surface area contributed by atoms with Crippen LogP contribution in [-0.2, 0) is 80.4 Å². The molecule has 15 aliphatic heterocycles. The number of aromatic nitrogens is 12. The van der Waals surface area contributed by atoms with E-state index in [-0.39, 0.29) is 0 Å². The van der Waals surface area contributed by atoms with Crippen LogP contribution in [-0.4, -0.2) is 343 Å². The predicted molar refractivity (Wildman–Crippen MR) is 518 cm³/mol. The summed E-state index contributed by atoms with van der Waals surface area (Å²) in [6.07, 6.45) is 22.8. The van der Waals surface area contributed by atoms with Crippen molar-refractivity contribution in [3.63, 3.8) is 0 Å². The highest BCUT2D eigenvalue weighted by atomic mass is 32.1. The minimum Gasteiger partial charge on any atom is -0.361 e. The van der Waals surface area contributed by atoms with Crippen molar-refractivity contribution in [2.75, 3.05) is 91.6 Å². The van der Waals surface area contributed by atoms with Gasteiger partial charge in [0, 0.05) is 329 Å². The molecule has 15 aliphatic rings. The van der Waals surface area contributed by atoms with Gasteiger partial charge in [-0.05, 0) is 218 Å². The van der Waals surface area contributed by atoms with Crippen LogP contribution < -0.4 is 0 Å². The quantitative estimate of drug-likeness (QED) is 0.0944. The van der Waals surface area contributed by atoms with E-state index in [1.165, 1.54) is 181 Å². The van der Waals surface area contributed by atoms with E-state index in [2.05, 4.69) is 298 Å². The highest BCUT2D eigenvalue weighted by Gasteiger charge is 2.54. The summed E-state index contributed by atoms with van der Waals surface area (Å²) in [7, 11) is 8.02. The second-order valence-corrected chi connectivity index (χ2v) is 49.4. The average Bonchev–Trinajstić information content (AvgIpc) is 1.38. The fourth-order valence-corrected chi connectivity index (χ4v) is 24.1. The summed E-state index contributed by atoms with van der Waals surface area (Å²) in [4.78, 5) is 54.9. The minimum atomic E-state index is 0.298. The second-order valence-electron chi connectivity index (χ2n) is 47.7. The zero-order valence-corrected chi connectivity index (χ0v) is 86.3. The van der Waals surface area contributed by atoms with Crippen LogP contribution in [0.1, 0.15) is 259 Å².